The quantitative estimate of drug-likeness (QED) is 0.534. The molecule has 1 atom stereocenters. The molecule has 0 bridgehead atoms. The minimum absolute atomic E-state index is 0.170. The van der Waals surface area contributed by atoms with Crippen LogP contribution in [-0.2, 0) is 16.0 Å². The van der Waals surface area contributed by atoms with Crippen LogP contribution in [0.25, 0.3) is 0 Å². The summed E-state index contributed by atoms with van der Waals surface area (Å²) in [5.74, 6) is -1.64. The summed E-state index contributed by atoms with van der Waals surface area (Å²) in [7, 11) is 1.57. The molecule has 0 aliphatic carbocycles. The van der Waals surface area contributed by atoms with Crippen LogP contribution in [0, 0.1) is 0 Å². The topological polar surface area (TPSA) is 125 Å². The highest BCUT2D eigenvalue weighted by atomic mass is 16.5. The Labute approximate surface area is 133 Å². The van der Waals surface area contributed by atoms with E-state index in [9.17, 15) is 14.4 Å². The molecule has 2 amide bonds. The molecule has 0 heterocycles. The summed E-state index contributed by atoms with van der Waals surface area (Å²) in [5, 5.41) is 22.3. The molecule has 8 heteroatoms. The molecule has 0 aliphatic rings. The molecule has 23 heavy (non-hydrogen) atoms. The zero-order valence-electron chi connectivity index (χ0n) is 12.7. The summed E-state index contributed by atoms with van der Waals surface area (Å²) in [6.07, 6.45) is 0.0734. The Bertz CT molecular complexity index is 543. The highest BCUT2D eigenvalue weighted by Crippen LogP contribution is 2.11. The lowest BCUT2D eigenvalue weighted by Gasteiger charge is -2.14. The molecule has 0 spiro atoms. The number of benzene rings is 1. The van der Waals surface area contributed by atoms with Gasteiger partial charge in [-0.1, -0.05) is 12.1 Å². The molecule has 1 rings (SSSR count). The van der Waals surface area contributed by atoms with E-state index in [1.54, 1.807) is 7.11 Å². The number of methoxy groups -OCH3 is 1. The van der Waals surface area contributed by atoms with Gasteiger partial charge in [-0.3, -0.25) is 4.79 Å². The molecule has 0 radical (unpaired) electrons. The maximum absolute atomic E-state index is 11.6. The third-order valence-electron chi connectivity index (χ3n) is 3.11. The van der Waals surface area contributed by atoms with E-state index < -0.39 is 24.0 Å². The lowest BCUT2D eigenvalue weighted by Crippen LogP contribution is -2.46. The second-order valence-electron chi connectivity index (χ2n) is 4.82. The molecule has 1 aromatic rings. The van der Waals surface area contributed by atoms with Gasteiger partial charge in [-0.15, -0.1) is 0 Å². The van der Waals surface area contributed by atoms with E-state index in [0.717, 1.165) is 11.3 Å². The second kappa shape index (κ2) is 9.29. The minimum atomic E-state index is -1.27. The first-order valence-electron chi connectivity index (χ1n) is 7.04. The number of hydrogen-bond acceptors (Lipinski definition) is 4. The van der Waals surface area contributed by atoms with E-state index in [0.29, 0.717) is 13.0 Å². The molecule has 0 saturated heterocycles. The number of carbonyl (C=O) groups is 3. The second-order valence-corrected chi connectivity index (χ2v) is 4.82. The van der Waals surface area contributed by atoms with E-state index in [1.165, 1.54) is 0 Å². The number of rotatable bonds is 9. The van der Waals surface area contributed by atoms with E-state index >= 15 is 0 Å². The Morgan fingerprint density at radius 1 is 1.17 bits per heavy atom. The van der Waals surface area contributed by atoms with Crippen molar-refractivity contribution in [3.63, 3.8) is 0 Å². The molecular formula is C15H20N2O6. The maximum atomic E-state index is 11.6. The molecule has 0 saturated carbocycles. The predicted molar refractivity (Wildman–Crippen MR) is 81.5 cm³/mol. The Morgan fingerprint density at radius 3 is 2.35 bits per heavy atom. The fourth-order valence-corrected chi connectivity index (χ4v) is 1.85. The molecule has 8 nitrogen and oxygen atoms in total. The van der Waals surface area contributed by atoms with Crippen LogP contribution in [0.5, 0.6) is 5.75 Å². The van der Waals surface area contributed by atoms with Crippen molar-refractivity contribution in [2.45, 2.75) is 25.3 Å². The fourth-order valence-electron chi connectivity index (χ4n) is 1.85. The van der Waals surface area contributed by atoms with Crippen LogP contribution < -0.4 is 15.4 Å². The Hall–Kier alpha value is -2.77. The molecule has 1 aromatic carbocycles. The SMILES string of the molecule is COc1ccc(CCNC(=O)N[C@@H](CCC(=O)O)C(=O)O)cc1. The molecular weight excluding hydrogens is 304 g/mol. The van der Waals surface area contributed by atoms with Crippen LogP contribution in [0.15, 0.2) is 24.3 Å². The largest absolute Gasteiger partial charge is 0.497 e. The lowest BCUT2D eigenvalue weighted by molar-refractivity contribution is -0.140. The van der Waals surface area contributed by atoms with E-state index in [-0.39, 0.29) is 12.8 Å². The summed E-state index contributed by atoms with van der Waals surface area (Å²) < 4.78 is 5.04. The zero-order chi connectivity index (χ0) is 17.2. The van der Waals surface area contributed by atoms with E-state index in [4.69, 9.17) is 14.9 Å². The van der Waals surface area contributed by atoms with Crippen molar-refractivity contribution in [3.8, 4) is 5.75 Å². The first kappa shape index (κ1) is 18.3. The van der Waals surface area contributed by atoms with Crippen LogP contribution in [0.3, 0.4) is 0 Å². The van der Waals surface area contributed by atoms with Crippen molar-refractivity contribution in [2.75, 3.05) is 13.7 Å². The maximum Gasteiger partial charge on any atom is 0.326 e. The summed E-state index contributed by atoms with van der Waals surface area (Å²) in [5.41, 5.74) is 0.992. The van der Waals surface area contributed by atoms with Crippen molar-refractivity contribution < 1.29 is 29.3 Å². The number of nitrogens with one attached hydrogen (secondary N) is 2. The summed E-state index contributed by atoms with van der Waals surface area (Å²) >= 11 is 0. The average Bonchev–Trinajstić information content (AvgIpc) is 2.51. The summed E-state index contributed by atoms with van der Waals surface area (Å²) in [6.45, 7) is 0.323. The monoisotopic (exact) mass is 324 g/mol. The third-order valence-corrected chi connectivity index (χ3v) is 3.11. The van der Waals surface area contributed by atoms with Gasteiger partial charge >= 0.3 is 18.0 Å². The Morgan fingerprint density at radius 2 is 1.83 bits per heavy atom. The zero-order valence-corrected chi connectivity index (χ0v) is 12.7. The number of amides is 2. The highest BCUT2D eigenvalue weighted by molar-refractivity contribution is 5.82. The van der Waals surface area contributed by atoms with Crippen molar-refractivity contribution in [2.24, 2.45) is 0 Å². The van der Waals surface area contributed by atoms with Gasteiger partial charge in [0, 0.05) is 13.0 Å². The van der Waals surface area contributed by atoms with Crippen LogP contribution in [0.2, 0.25) is 0 Å². The number of aliphatic carboxylic acids is 2. The molecule has 4 N–H and O–H groups in total. The molecule has 0 aromatic heterocycles. The number of urea groups is 1. The first-order valence-corrected chi connectivity index (χ1v) is 7.04. The van der Waals surface area contributed by atoms with Crippen molar-refractivity contribution >= 4 is 18.0 Å². The average molecular weight is 324 g/mol. The number of hydrogen-bond donors (Lipinski definition) is 4. The fraction of sp³-hybridized carbons (Fsp3) is 0.400. The standard InChI is InChI=1S/C15H20N2O6/c1-23-11-4-2-10(3-5-11)8-9-16-15(22)17-12(14(20)21)6-7-13(18)19/h2-5,12H,6-9H2,1H3,(H,18,19)(H,20,21)(H2,16,17,22)/t12-/m0/s1. The normalized spacial score (nSPS) is 11.3. The summed E-state index contributed by atoms with van der Waals surface area (Å²) in [4.78, 5) is 33.1. The number of ether oxygens (including phenoxy) is 1. The van der Waals surface area contributed by atoms with Crippen molar-refractivity contribution in [1.82, 2.24) is 10.6 Å². The van der Waals surface area contributed by atoms with Crippen LogP contribution in [0.4, 0.5) is 4.79 Å². The first-order chi connectivity index (χ1) is 10.9. The number of carboxylic acid groups (broad SMARTS) is 2. The smallest absolute Gasteiger partial charge is 0.326 e. The van der Waals surface area contributed by atoms with Gasteiger partial charge in [0.15, 0.2) is 0 Å². The number of carbonyl (C=O) groups excluding carboxylic acids is 1. The molecule has 126 valence electrons. The van der Waals surface area contributed by atoms with Crippen molar-refractivity contribution in [1.29, 1.82) is 0 Å². The Kier molecular flexibility index (Phi) is 7.38. The van der Waals surface area contributed by atoms with Gasteiger partial charge in [-0.05, 0) is 30.5 Å². The van der Waals surface area contributed by atoms with Gasteiger partial charge in [-0.2, -0.15) is 0 Å². The minimum Gasteiger partial charge on any atom is -0.497 e. The molecule has 0 fully saturated rings. The lowest BCUT2D eigenvalue weighted by atomic mass is 10.1. The summed E-state index contributed by atoms with van der Waals surface area (Å²) in [6, 6.07) is 5.48. The van der Waals surface area contributed by atoms with Crippen LogP contribution in [-0.4, -0.2) is 47.9 Å². The van der Waals surface area contributed by atoms with Gasteiger partial charge in [-0.25, -0.2) is 9.59 Å². The van der Waals surface area contributed by atoms with Crippen LogP contribution >= 0.6 is 0 Å². The molecule has 0 aliphatic heterocycles. The third kappa shape index (κ3) is 7.16. The van der Waals surface area contributed by atoms with Gasteiger partial charge in [0.1, 0.15) is 11.8 Å². The highest BCUT2D eigenvalue weighted by Gasteiger charge is 2.20. The van der Waals surface area contributed by atoms with Gasteiger partial charge < -0.3 is 25.6 Å². The number of carboxylic acids is 2. The van der Waals surface area contributed by atoms with Gasteiger partial charge in [0.2, 0.25) is 0 Å². The van der Waals surface area contributed by atoms with Gasteiger partial charge in [0.05, 0.1) is 7.11 Å². The van der Waals surface area contributed by atoms with Crippen molar-refractivity contribution in [3.05, 3.63) is 29.8 Å². The van der Waals surface area contributed by atoms with E-state index in [2.05, 4.69) is 10.6 Å². The molecule has 0 unspecified atom stereocenters. The van der Waals surface area contributed by atoms with E-state index in [1.807, 2.05) is 24.3 Å². The van der Waals surface area contributed by atoms with Crippen LogP contribution in [0.1, 0.15) is 18.4 Å². The van der Waals surface area contributed by atoms with Gasteiger partial charge in [0.25, 0.3) is 0 Å². The Balaban J connectivity index is 2.36. The predicted octanol–water partition coefficient (Wildman–Crippen LogP) is 0.855.